The summed E-state index contributed by atoms with van der Waals surface area (Å²) in [6.07, 6.45) is -0.788. The van der Waals surface area contributed by atoms with Gasteiger partial charge in [-0.05, 0) is 36.0 Å². The van der Waals surface area contributed by atoms with Crippen LogP contribution in [0.25, 0.3) is 10.9 Å². The molecule has 0 saturated heterocycles. The molecule has 0 aliphatic heterocycles. The lowest BCUT2D eigenvalue weighted by atomic mass is 10.1. The number of nitrogens with one attached hydrogen (secondary N) is 3. The first-order chi connectivity index (χ1) is 11.5. The highest BCUT2D eigenvalue weighted by Crippen LogP contribution is 2.12. The Morgan fingerprint density at radius 2 is 1.92 bits per heavy atom. The number of aliphatic hydroxyl groups excluding tert-OH is 1. The summed E-state index contributed by atoms with van der Waals surface area (Å²) >= 11 is 4.93. The first-order valence-electron chi connectivity index (χ1n) is 7.32. The molecule has 1 unspecified atom stereocenters. The van der Waals surface area contributed by atoms with Crippen LogP contribution in [0.1, 0.15) is 22.0 Å². The average molecular weight is 341 g/mol. The fraction of sp³-hybridized carbons (Fsp3) is 0.118. The van der Waals surface area contributed by atoms with Crippen LogP contribution in [0, 0.1) is 4.77 Å². The van der Waals surface area contributed by atoms with Crippen molar-refractivity contribution in [1.29, 1.82) is 0 Å². The Labute approximate surface area is 142 Å². The molecule has 0 spiro atoms. The summed E-state index contributed by atoms with van der Waals surface area (Å²) in [7, 11) is 0. The molecule has 4 N–H and O–H groups in total. The molecule has 1 amide bonds. The van der Waals surface area contributed by atoms with E-state index >= 15 is 0 Å². The van der Waals surface area contributed by atoms with Gasteiger partial charge in [-0.15, -0.1) is 0 Å². The largest absolute Gasteiger partial charge is 0.387 e. The van der Waals surface area contributed by atoms with Gasteiger partial charge in [0.15, 0.2) is 4.77 Å². The quantitative estimate of drug-likeness (QED) is 0.546. The molecule has 0 radical (unpaired) electrons. The number of hydrogen-bond acceptors (Lipinski definition) is 4. The van der Waals surface area contributed by atoms with Crippen molar-refractivity contribution in [1.82, 2.24) is 15.3 Å². The number of benzene rings is 2. The third kappa shape index (κ3) is 3.42. The second kappa shape index (κ2) is 6.77. The van der Waals surface area contributed by atoms with Gasteiger partial charge in [0.05, 0.1) is 17.0 Å². The minimum absolute atomic E-state index is 0.0895. The van der Waals surface area contributed by atoms with Gasteiger partial charge in [-0.1, -0.05) is 30.3 Å². The van der Waals surface area contributed by atoms with Crippen molar-refractivity contribution in [2.75, 3.05) is 6.54 Å². The summed E-state index contributed by atoms with van der Waals surface area (Å²) < 4.78 is 0.199. The molecule has 3 aromatic rings. The van der Waals surface area contributed by atoms with E-state index in [1.807, 2.05) is 18.2 Å². The minimum atomic E-state index is -0.788. The van der Waals surface area contributed by atoms with Crippen molar-refractivity contribution in [3.05, 3.63) is 74.8 Å². The van der Waals surface area contributed by atoms with Crippen LogP contribution in [-0.2, 0) is 0 Å². The van der Waals surface area contributed by atoms with E-state index in [2.05, 4.69) is 15.3 Å². The van der Waals surface area contributed by atoms with E-state index < -0.39 is 6.10 Å². The molecule has 24 heavy (non-hydrogen) atoms. The zero-order valence-electron chi connectivity index (χ0n) is 12.6. The van der Waals surface area contributed by atoms with Gasteiger partial charge < -0.3 is 15.4 Å². The van der Waals surface area contributed by atoms with Gasteiger partial charge in [-0.3, -0.25) is 14.6 Å². The normalized spacial score (nSPS) is 12.0. The van der Waals surface area contributed by atoms with E-state index in [-0.39, 0.29) is 22.8 Å². The van der Waals surface area contributed by atoms with Crippen molar-refractivity contribution in [3.63, 3.8) is 0 Å². The Hall–Kier alpha value is -2.77. The Balaban J connectivity index is 1.77. The van der Waals surface area contributed by atoms with Crippen LogP contribution in [-0.4, -0.2) is 27.5 Å². The number of carbonyl (C=O) groups excluding carboxylic acids is 1. The molecule has 0 aliphatic rings. The maximum atomic E-state index is 12.2. The van der Waals surface area contributed by atoms with Crippen molar-refractivity contribution in [3.8, 4) is 0 Å². The molecule has 7 heteroatoms. The number of aliphatic hydroxyl groups is 1. The van der Waals surface area contributed by atoms with Crippen molar-refractivity contribution in [2.45, 2.75) is 6.10 Å². The maximum absolute atomic E-state index is 12.2. The Kier molecular flexibility index (Phi) is 4.54. The molecule has 0 bridgehead atoms. The summed E-state index contributed by atoms with van der Waals surface area (Å²) in [5, 5.41) is 13.2. The van der Waals surface area contributed by atoms with Crippen LogP contribution in [0.4, 0.5) is 0 Å². The van der Waals surface area contributed by atoms with E-state index in [0.717, 1.165) is 5.56 Å². The first kappa shape index (κ1) is 16.1. The number of fused-ring (bicyclic) bond motifs is 1. The standard InChI is InChI=1S/C17H15N3O3S/c21-14(10-4-2-1-3-5-10)9-18-15(22)11-6-7-12-13(8-11)19-17(24)20-16(12)23/h1-8,14,21H,9H2,(H,18,22)(H2,19,20,23,24). The van der Waals surface area contributed by atoms with Crippen LogP contribution in [0.15, 0.2) is 53.3 Å². The SMILES string of the molecule is O=C(NCC(O)c1ccccc1)c1ccc2c(=O)[nH]c(=S)[nH]c2c1. The number of H-pyrrole nitrogens is 2. The molecule has 0 fully saturated rings. The molecular weight excluding hydrogens is 326 g/mol. The zero-order valence-corrected chi connectivity index (χ0v) is 13.4. The lowest BCUT2D eigenvalue weighted by molar-refractivity contribution is 0.0916. The molecule has 6 nitrogen and oxygen atoms in total. The van der Waals surface area contributed by atoms with E-state index in [1.54, 1.807) is 30.3 Å². The second-order valence-electron chi connectivity index (χ2n) is 5.31. The van der Waals surface area contributed by atoms with Gasteiger partial charge in [-0.25, -0.2) is 0 Å². The van der Waals surface area contributed by atoms with Crippen LogP contribution in [0.2, 0.25) is 0 Å². The summed E-state index contributed by atoms with van der Waals surface area (Å²) in [5.74, 6) is -0.341. The summed E-state index contributed by atoms with van der Waals surface area (Å²) in [6, 6.07) is 13.8. The molecular formula is C17H15N3O3S. The molecule has 1 heterocycles. The Bertz CT molecular complexity index is 995. The molecule has 122 valence electrons. The fourth-order valence-corrected chi connectivity index (χ4v) is 2.60. The molecule has 0 aliphatic carbocycles. The Morgan fingerprint density at radius 3 is 2.67 bits per heavy atom. The Morgan fingerprint density at radius 1 is 1.17 bits per heavy atom. The lowest BCUT2D eigenvalue weighted by Crippen LogP contribution is -2.28. The van der Waals surface area contributed by atoms with E-state index in [0.29, 0.717) is 16.5 Å². The third-order valence-electron chi connectivity index (χ3n) is 3.64. The van der Waals surface area contributed by atoms with Crippen LogP contribution >= 0.6 is 12.2 Å². The average Bonchev–Trinajstić information content (AvgIpc) is 2.59. The van der Waals surface area contributed by atoms with E-state index in [4.69, 9.17) is 12.2 Å². The predicted octanol–water partition coefficient (Wildman–Crippen LogP) is 2.05. The lowest BCUT2D eigenvalue weighted by Gasteiger charge is -2.12. The fourth-order valence-electron chi connectivity index (χ4n) is 2.40. The van der Waals surface area contributed by atoms with Crippen LogP contribution < -0.4 is 10.9 Å². The molecule has 0 saturated carbocycles. The van der Waals surface area contributed by atoms with Gasteiger partial charge in [0.25, 0.3) is 11.5 Å². The summed E-state index contributed by atoms with van der Waals surface area (Å²) in [5.41, 5.74) is 1.28. The van der Waals surface area contributed by atoms with E-state index in [9.17, 15) is 14.7 Å². The van der Waals surface area contributed by atoms with Gasteiger partial charge >= 0.3 is 0 Å². The number of aromatic amines is 2. The second-order valence-corrected chi connectivity index (χ2v) is 5.71. The molecule has 1 aromatic heterocycles. The minimum Gasteiger partial charge on any atom is -0.387 e. The molecule has 2 aromatic carbocycles. The van der Waals surface area contributed by atoms with E-state index in [1.165, 1.54) is 0 Å². The van der Waals surface area contributed by atoms with Gasteiger partial charge in [0.1, 0.15) is 0 Å². The predicted molar refractivity (Wildman–Crippen MR) is 93.5 cm³/mol. The highest BCUT2D eigenvalue weighted by atomic mass is 32.1. The molecule has 1 atom stereocenters. The third-order valence-corrected chi connectivity index (χ3v) is 3.85. The highest BCUT2D eigenvalue weighted by Gasteiger charge is 2.11. The van der Waals surface area contributed by atoms with Gasteiger partial charge in [-0.2, -0.15) is 0 Å². The topological polar surface area (TPSA) is 98.0 Å². The maximum Gasteiger partial charge on any atom is 0.259 e. The number of carbonyl (C=O) groups is 1. The van der Waals surface area contributed by atoms with Gasteiger partial charge in [0.2, 0.25) is 0 Å². The zero-order chi connectivity index (χ0) is 17.1. The monoisotopic (exact) mass is 341 g/mol. The van der Waals surface area contributed by atoms with Crippen LogP contribution in [0.5, 0.6) is 0 Å². The van der Waals surface area contributed by atoms with Crippen molar-refractivity contribution >= 4 is 29.0 Å². The summed E-state index contributed by atoms with van der Waals surface area (Å²) in [4.78, 5) is 29.4. The first-order valence-corrected chi connectivity index (χ1v) is 7.73. The van der Waals surface area contributed by atoms with Crippen molar-refractivity contribution < 1.29 is 9.90 Å². The highest BCUT2D eigenvalue weighted by molar-refractivity contribution is 7.71. The number of hydrogen-bond donors (Lipinski definition) is 4. The number of amides is 1. The van der Waals surface area contributed by atoms with Crippen molar-refractivity contribution in [2.24, 2.45) is 0 Å². The van der Waals surface area contributed by atoms with Crippen LogP contribution in [0.3, 0.4) is 0 Å². The number of rotatable bonds is 4. The smallest absolute Gasteiger partial charge is 0.259 e. The molecule has 3 rings (SSSR count). The summed E-state index contributed by atoms with van der Waals surface area (Å²) in [6.45, 7) is 0.0895. The van der Waals surface area contributed by atoms with Gasteiger partial charge in [0, 0.05) is 12.1 Å². The number of aromatic nitrogens is 2.